The normalized spacial score (nSPS) is 10.3. The first-order valence-corrected chi connectivity index (χ1v) is 6.01. The first-order valence-electron chi connectivity index (χ1n) is 5.25. The average Bonchev–Trinajstić information content (AvgIpc) is 2.28. The zero-order chi connectivity index (χ0) is 12.3. The number of aryl methyl sites for hydroxylation is 1. The highest BCUT2D eigenvalue weighted by Gasteiger charge is 2.04. The molecule has 2 nitrogen and oxygen atoms in total. The molecule has 0 amide bonds. The molecule has 88 valence electrons. The molecular weight excluding hydrogens is 255 g/mol. The smallest absolute Gasteiger partial charge is 0.0721 e. The summed E-state index contributed by atoms with van der Waals surface area (Å²) in [6.45, 7) is 2.66. The van der Waals surface area contributed by atoms with Crippen LogP contribution in [0.2, 0.25) is 10.0 Å². The van der Waals surface area contributed by atoms with Crippen LogP contribution in [-0.2, 0) is 6.54 Å². The molecule has 0 unspecified atom stereocenters. The number of anilines is 1. The predicted molar refractivity (Wildman–Crippen MR) is 72.8 cm³/mol. The zero-order valence-electron chi connectivity index (χ0n) is 9.37. The molecule has 0 aliphatic heterocycles. The summed E-state index contributed by atoms with van der Waals surface area (Å²) >= 11 is 12.1. The van der Waals surface area contributed by atoms with Gasteiger partial charge in [0.2, 0.25) is 0 Å². The molecule has 1 N–H and O–H groups in total. The second kappa shape index (κ2) is 5.39. The van der Waals surface area contributed by atoms with Crippen LogP contribution in [0.5, 0.6) is 0 Å². The third-order valence-electron chi connectivity index (χ3n) is 2.36. The standard InChI is InChI=1S/C13H12Cl2N2/c1-9-5-10(7-16-6-9)8-17-13-11(14)3-2-4-12(13)15/h2-7,17H,8H2,1H3. The fraction of sp³-hybridized carbons (Fsp3) is 0.154. The van der Waals surface area contributed by atoms with Crippen LogP contribution in [0.15, 0.2) is 36.7 Å². The minimum atomic E-state index is 0.623. The Bertz CT molecular complexity index is 506. The first kappa shape index (κ1) is 12.2. The van der Waals surface area contributed by atoms with Gasteiger partial charge in [0.15, 0.2) is 0 Å². The molecule has 0 bridgehead atoms. The lowest BCUT2D eigenvalue weighted by Gasteiger charge is -2.10. The van der Waals surface area contributed by atoms with Crippen molar-refractivity contribution in [1.29, 1.82) is 0 Å². The number of nitrogens with one attached hydrogen (secondary N) is 1. The topological polar surface area (TPSA) is 24.9 Å². The Hall–Kier alpha value is -1.25. The molecule has 4 heteroatoms. The van der Waals surface area contributed by atoms with Crippen molar-refractivity contribution in [3.63, 3.8) is 0 Å². The number of aromatic nitrogens is 1. The van der Waals surface area contributed by atoms with E-state index < -0.39 is 0 Å². The van der Waals surface area contributed by atoms with Crippen molar-refractivity contribution >= 4 is 28.9 Å². The van der Waals surface area contributed by atoms with Crippen LogP contribution in [0, 0.1) is 6.92 Å². The fourth-order valence-corrected chi connectivity index (χ4v) is 2.10. The van der Waals surface area contributed by atoms with E-state index in [1.807, 2.05) is 37.5 Å². The van der Waals surface area contributed by atoms with Crippen LogP contribution in [0.4, 0.5) is 5.69 Å². The summed E-state index contributed by atoms with van der Waals surface area (Å²) in [5.74, 6) is 0. The van der Waals surface area contributed by atoms with Gasteiger partial charge in [-0.25, -0.2) is 0 Å². The second-order valence-corrected chi connectivity index (χ2v) is 4.64. The van der Waals surface area contributed by atoms with Crippen molar-refractivity contribution in [2.75, 3.05) is 5.32 Å². The number of pyridine rings is 1. The number of hydrogen-bond acceptors (Lipinski definition) is 2. The lowest BCUT2D eigenvalue weighted by Crippen LogP contribution is -2.01. The molecule has 0 aliphatic carbocycles. The zero-order valence-corrected chi connectivity index (χ0v) is 10.9. The highest BCUT2D eigenvalue weighted by Crippen LogP contribution is 2.30. The van der Waals surface area contributed by atoms with E-state index in [4.69, 9.17) is 23.2 Å². The largest absolute Gasteiger partial charge is 0.378 e. The van der Waals surface area contributed by atoms with E-state index >= 15 is 0 Å². The van der Waals surface area contributed by atoms with E-state index in [0.717, 1.165) is 16.8 Å². The van der Waals surface area contributed by atoms with Gasteiger partial charge >= 0.3 is 0 Å². The van der Waals surface area contributed by atoms with Gasteiger partial charge in [0, 0.05) is 18.9 Å². The van der Waals surface area contributed by atoms with Crippen LogP contribution in [0.3, 0.4) is 0 Å². The van der Waals surface area contributed by atoms with Gasteiger partial charge in [-0.15, -0.1) is 0 Å². The number of nitrogens with zero attached hydrogens (tertiary/aromatic N) is 1. The minimum absolute atomic E-state index is 0.623. The molecule has 0 spiro atoms. The summed E-state index contributed by atoms with van der Waals surface area (Å²) in [5.41, 5.74) is 2.99. The Morgan fingerprint density at radius 1 is 1.18 bits per heavy atom. The molecule has 1 aromatic carbocycles. The molecule has 1 aromatic heterocycles. The molecule has 1 heterocycles. The summed E-state index contributed by atoms with van der Waals surface area (Å²) in [5, 5.41) is 4.47. The van der Waals surface area contributed by atoms with Crippen molar-refractivity contribution in [3.05, 3.63) is 57.8 Å². The molecule has 17 heavy (non-hydrogen) atoms. The summed E-state index contributed by atoms with van der Waals surface area (Å²) in [4.78, 5) is 4.14. The predicted octanol–water partition coefficient (Wildman–Crippen LogP) is 4.31. The van der Waals surface area contributed by atoms with Crippen molar-refractivity contribution < 1.29 is 0 Å². The Balaban J connectivity index is 2.13. The Morgan fingerprint density at radius 3 is 2.53 bits per heavy atom. The molecule has 0 saturated heterocycles. The van der Waals surface area contributed by atoms with Gasteiger partial charge in [-0.05, 0) is 30.2 Å². The van der Waals surface area contributed by atoms with Gasteiger partial charge in [0.1, 0.15) is 0 Å². The van der Waals surface area contributed by atoms with Crippen LogP contribution >= 0.6 is 23.2 Å². The lowest BCUT2D eigenvalue weighted by molar-refractivity contribution is 1.10. The molecule has 0 fully saturated rings. The van der Waals surface area contributed by atoms with Crippen LogP contribution in [-0.4, -0.2) is 4.98 Å². The van der Waals surface area contributed by atoms with E-state index in [0.29, 0.717) is 16.6 Å². The van der Waals surface area contributed by atoms with E-state index in [2.05, 4.69) is 16.4 Å². The number of para-hydroxylation sites is 1. The van der Waals surface area contributed by atoms with E-state index in [1.54, 1.807) is 0 Å². The van der Waals surface area contributed by atoms with Gasteiger partial charge in [0.05, 0.1) is 15.7 Å². The Morgan fingerprint density at radius 2 is 1.88 bits per heavy atom. The Labute approximate surface area is 111 Å². The molecule has 0 radical (unpaired) electrons. The van der Waals surface area contributed by atoms with Crippen LogP contribution in [0.1, 0.15) is 11.1 Å². The Kier molecular flexibility index (Phi) is 3.87. The number of hydrogen-bond donors (Lipinski definition) is 1. The molecular formula is C13H12Cl2N2. The number of benzene rings is 1. The molecule has 2 aromatic rings. The lowest BCUT2D eigenvalue weighted by atomic mass is 10.2. The highest BCUT2D eigenvalue weighted by atomic mass is 35.5. The van der Waals surface area contributed by atoms with Gasteiger partial charge < -0.3 is 5.32 Å². The fourth-order valence-electron chi connectivity index (χ4n) is 1.57. The molecule has 0 saturated carbocycles. The summed E-state index contributed by atoms with van der Waals surface area (Å²) in [7, 11) is 0. The maximum absolute atomic E-state index is 6.06. The minimum Gasteiger partial charge on any atom is -0.378 e. The van der Waals surface area contributed by atoms with Gasteiger partial charge in [0.25, 0.3) is 0 Å². The average molecular weight is 267 g/mol. The van der Waals surface area contributed by atoms with E-state index in [-0.39, 0.29) is 0 Å². The highest BCUT2D eigenvalue weighted by molar-refractivity contribution is 6.39. The SMILES string of the molecule is Cc1cncc(CNc2c(Cl)cccc2Cl)c1. The first-order chi connectivity index (χ1) is 8.16. The molecule has 0 aliphatic rings. The van der Waals surface area contributed by atoms with Crippen molar-refractivity contribution in [2.45, 2.75) is 13.5 Å². The monoisotopic (exact) mass is 266 g/mol. The third kappa shape index (κ3) is 3.11. The maximum atomic E-state index is 6.06. The maximum Gasteiger partial charge on any atom is 0.0721 e. The quantitative estimate of drug-likeness (QED) is 0.896. The van der Waals surface area contributed by atoms with Crippen LogP contribution < -0.4 is 5.32 Å². The summed E-state index contributed by atoms with van der Waals surface area (Å²) in [6, 6.07) is 7.52. The van der Waals surface area contributed by atoms with Crippen molar-refractivity contribution in [1.82, 2.24) is 4.98 Å². The van der Waals surface area contributed by atoms with Crippen molar-refractivity contribution in [3.8, 4) is 0 Å². The molecule has 0 atom stereocenters. The summed E-state index contributed by atoms with van der Waals surface area (Å²) in [6.07, 6.45) is 3.65. The van der Waals surface area contributed by atoms with Gasteiger partial charge in [-0.2, -0.15) is 0 Å². The van der Waals surface area contributed by atoms with Gasteiger partial charge in [-0.3, -0.25) is 4.98 Å². The van der Waals surface area contributed by atoms with Crippen molar-refractivity contribution in [2.24, 2.45) is 0 Å². The number of halogens is 2. The van der Waals surface area contributed by atoms with E-state index in [1.165, 1.54) is 0 Å². The van der Waals surface area contributed by atoms with Crippen LogP contribution in [0.25, 0.3) is 0 Å². The van der Waals surface area contributed by atoms with E-state index in [9.17, 15) is 0 Å². The third-order valence-corrected chi connectivity index (χ3v) is 2.99. The van der Waals surface area contributed by atoms with Gasteiger partial charge in [-0.1, -0.05) is 35.3 Å². The summed E-state index contributed by atoms with van der Waals surface area (Å²) < 4.78 is 0. The molecule has 2 rings (SSSR count). The number of rotatable bonds is 3. The second-order valence-electron chi connectivity index (χ2n) is 3.82.